The van der Waals surface area contributed by atoms with Crippen LogP contribution in [0.25, 0.3) is 0 Å². The Morgan fingerprint density at radius 1 is 1.25 bits per heavy atom. The van der Waals surface area contributed by atoms with E-state index in [1.807, 2.05) is 18.2 Å². The first-order chi connectivity index (χ1) is 9.70. The van der Waals surface area contributed by atoms with Crippen molar-refractivity contribution in [2.45, 2.75) is 63.5 Å². The molecule has 110 valence electrons. The van der Waals surface area contributed by atoms with Gasteiger partial charge in [0.05, 0.1) is 5.92 Å². The normalized spacial score (nSPS) is 24.1. The number of rotatable bonds is 5. The predicted molar refractivity (Wildman–Crippen MR) is 82.5 cm³/mol. The fourth-order valence-electron chi connectivity index (χ4n) is 2.99. The fourth-order valence-corrected chi connectivity index (χ4v) is 2.99. The molecule has 0 bridgehead atoms. The van der Waals surface area contributed by atoms with Crippen molar-refractivity contribution in [2.75, 3.05) is 0 Å². The number of nitrogens with two attached hydrogens (primary N) is 1. The monoisotopic (exact) mass is 274 g/mol. The third kappa shape index (κ3) is 4.07. The van der Waals surface area contributed by atoms with E-state index >= 15 is 0 Å². The van der Waals surface area contributed by atoms with Gasteiger partial charge in [-0.05, 0) is 37.7 Å². The van der Waals surface area contributed by atoms with Crippen LogP contribution in [-0.4, -0.2) is 18.0 Å². The van der Waals surface area contributed by atoms with Crippen LogP contribution in [0.3, 0.4) is 0 Å². The summed E-state index contributed by atoms with van der Waals surface area (Å²) in [7, 11) is 0. The number of nitrogens with one attached hydrogen (secondary N) is 1. The van der Waals surface area contributed by atoms with Gasteiger partial charge in [0.2, 0.25) is 5.91 Å². The van der Waals surface area contributed by atoms with Crippen molar-refractivity contribution >= 4 is 5.91 Å². The standard InChI is InChI=1S/C17H26N2O/c1-2-6-16(13-7-4-3-5-8-13)17(20)19-15-11-9-14(18)10-12-15/h3-5,7-8,14-16H,2,6,9-12,18H2,1H3,(H,19,20). The lowest BCUT2D eigenvalue weighted by Crippen LogP contribution is -2.42. The summed E-state index contributed by atoms with van der Waals surface area (Å²) >= 11 is 0. The third-order valence-electron chi connectivity index (χ3n) is 4.21. The van der Waals surface area contributed by atoms with E-state index in [1.165, 1.54) is 0 Å². The molecule has 0 heterocycles. The van der Waals surface area contributed by atoms with E-state index in [4.69, 9.17) is 5.73 Å². The Morgan fingerprint density at radius 3 is 2.50 bits per heavy atom. The molecule has 1 atom stereocenters. The van der Waals surface area contributed by atoms with Crippen LogP contribution in [0, 0.1) is 0 Å². The van der Waals surface area contributed by atoms with Crippen LogP contribution in [0.1, 0.15) is 56.9 Å². The van der Waals surface area contributed by atoms with Gasteiger partial charge in [-0.2, -0.15) is 0 Å². The number of hydrogen-bond acceptors (Lipinski definition) is 2. The summed E-state index contributed by atoms with van der Waals surface area (Å²) in [6, 6.07) is 10.7. The van der Waals surface area contributed by atoms with Crippen molar-refractivity contribution in [3.05, 3.63) is 35.9 Å². The summed E-state index contributed by atoms with van der Waals surface area (Å²) in [5.41, 5.74) is 7.04. The molecular formula is C17H26N2O. The minimum absolute atomic E-state index is 0.0169. The van der Waals surface area contributed by atoms with Crippen LogP contribution in [-0.2, 0) is 4.79 Å². The maximum absolute atomic E-state index is 12.5. The molecule has 1 aliphatic rings. The van der Waals surface area contributed by atoms with Crippen LogP contribution in [0.5, 0.6) is 0 Å². The highest BCUT2D eigenvalue weighted by atomic mass is 16.1. The molecule has 0 radical (unpaired) electrons. The van der Waals surface area contributed by atoms with Gasteiger partial charge in [0.15, 0.2) is 0 Å². The van der Waals surface area contributed by atoms with Gasteiger partial charge >= 0.3 is 0 Å². The molecule has 3 heteroatoms. The lowest BCUT2D eigenvalue weighted by atomic mass is 9.89. The lowest BCUT2D eigenvalue weighted by Gasteiger charge is -2.28. The van der Waals surface area contributed by atoms with E-state index < -0.39 is 0 Å². The molecule has 1 aromatic rings. The highest BCUT2D eigenvalue weighted by Crippen LogP contribution is 2.23. The first-order valence-corrected chi connectivity index (χ1v) is 7.81. The smallest absolute Gasteiger partial charge is 0.227 e. The maximum Gasteiger partial charge on any atom is 0.227 e. The van der Waals surface area contributed by atoms with Crippen molar-refractivity contribution in [3.8, 4) is 0 Å². The van der Waals surface area contributed by atoms with Gasteiger partial charge in [-0.25, -0.2) is 0 Å². The average molecular weight is 274 g/mol. The van der Waals surface area contributed by atoms with Crippen LogP contribution < -0.4 is 11.1 Å². The highest BCUT2D eigenvalue weighted by Gasteiger charge is 2.24. The van der Waals surface area contributed by atoms with Gasteiger partial charge in [0.1, 0.15) is 0 Å². The molecule has 20 heavy (non-hydrogen) atoms. The average Bonchev–Trinajstić information content (AvgIpc) is 2.48. The molecule has 1 saturated carbocycles. The second kappa shape index (κ2) is 7.44. The zero-order valence-electron chi connectivity index (χ0n) is 12.3. The van der Waals surface area contributed by atoms with Crippen LogP contribution in [0.4, 0.5) is 0 Å². The molecule has 3 nitrogen and oxygen atoms in total. The number of amides is 1. The van der Waals surface area contributed by atoms with Gasteiger partial charge in [-0.15, -0.1) is 0 Å². The molecule has 1 unspecified atom stereocenters. The molecular weight excluding hydrogens is 248 g/mol. The summed E-state index contributed by atoms with van der Waals surface area (Å²) in [4.78, 5) is 12.5. The topological polar surface area (TPSA) is 55.1 Å². The molecule has 1 aliphatic carbocycles. The first kappa shape index (κ1) is 15.0. The Bertz CT molecular complexity index is 410. The molecule has 0 aromatic heterocycles. The predicted octanol–water partition coefficient (Wildman–Crippen LogP) is 2.96. The summed E-state index contributed by atoms with van der Waals surface area (Å²) in [5.74, 6) is 0.162. The Balaban J connectivity index is 1.97. The van der Waals surface area contributed by atoms with E-state index in [2.05, 4.69) is 24.4 Å². The third-order valence-corrected chi connectivity index (χ3v) is 4.21. The number of carbonyl (C=O) groups is 1. The number of hydrogen-bond donors (Lipinski definition) is 2. The van der Waals surface area contributed by atoms with Gasteiger partial charge in [0, 0.05) is 12.1 Å². The zero-order chi connectivity index (χ0) is 14.4. The van der Waals surface area contributed by atoms with Crippen LogP contribution in [0.15, 0.2) is 30.3 Å². The Hall–Kier alpha value is -1.35. The van der Waals surface area contributed by atoms with Crippen molar-refractivity contribution in [2.24, 2.45) is 5.73 Å². The van der Waals surface area contributed by atoms with Crippen LogP contribution in [0.2, 0.25) is 0 Å². The molecule has 3 N–H and O–H groups in total. The highest BCUT2D eigenvalue weighted by molar-refractivity contribution is 5.83. The number of benzene rings is 1. The molecule has 0 spiro atoms. The van der Waals surface area contributed by atoms with Gasteiger partial charge in [-0.3, -0.25) is 4.79 Å². The summed E-state index contributed by atoms with van der Waals surface area (Å²) in [5, 5.41) is 3.23. The largest absolute Gasteiger partial charge is 0.353 e. The Labute approximate surface area is 121 Å². The summed E-state index contributed by atoms with van der Waals surface area (Å²) < 4.78 is 0. The van der Waals surface area contributed by atoms with Gasteiger partial charge in [0.25, 0.3) is 0 Å². The summed E-state index contributed by atoms with van der Waals surface area (Å²) in [6.45, 7) is 2.13. The Kier molecular flexibility index (Phi) is 5.60. The zero-order valence-corrected chi connectivity index (χ0v) is 12.3. The SMILES string of the molecule is CCCC(C(=O)NC1CCC(N)CC1)c1ccccc1. The Morgan fingerprint density at radius 2 is 1.90 bits per heavy atom. The van der Waals surface area contributed by atoms with Gasteiger partial charge in [-0.1, -0.05) is 43.7 Å². The second-order valence-electron chi connectivity index (χ2n) is 5.87. The fraction of sp³-hybridized carbons (Fsp3) is 0.588. The van der Waals surface area contributed by atoms with E-state index in [9.17, 15) is 4.79 Å². The van der Waals surface area contributed by atoms with Crippen LogP contribution >= 0.6 is 0 Å². The van der Waals surface area contributed by atoms with E-state index in [1.54, 1.807) is 0 Å². The number of carbonyl (C=O) groups excluding carboxylic acids is 1. The minimum atomic E-state index is -0.0169. The van der Waals surface area contributed by atoms with Gasteiger partial charge < -0.3 is 11.1 Å². The quantitative estimate of drug-likeness (QED) is 0.867. The summed E-state index contributed by atoms with van der Waals surface area (Å²) in [6.07, 6.45) is 6.00. The van der Waals surface area contributed by atoms with E-state index in [0.717, 1.165) is 44.1 Å². The van der Waals surface area contributed by atoms with Crippen molar-refractivity contribution in [1.29, 1.82) is 0 Å². The van der Waals surface area contributed by atoms with E-state index in [-0.39, 0.29) is 11.8 Å². The molecule has 1 amide bonds. The maximum atomic E-state index is 12.5. The minimum Gasteiger partial charge on any atom is -0.353 e. The first-order valence-electron chi connectivity index (χ1n) is 7.81. The van der Waals surface area contributed by atoms with Crippen molar-refractivity contribution in [1.82, 2.24) is 5.32 Å². The van der Waals surface area contributed by atoms with E-state index in [0.29, 0.717) is 12.1 Å². The lowest BCUT2D eigenvalue weighted by molar-refractivity contribution is -0.123. The van der Waals surface area contributed by atoms with Crippen molar-refractivity contribution in [3.63, 3.8) is 0 Å². The second-order valence-corrected chi connectivity index (χ2v) is 5.87. The van der Waals surface area contributed by atoms with Crippen molar-refractivity contribution < 1.29 is 4.79 Å². The molecule has 0 aliphatic heterocycles. The molecule has 1 aromatic carbocycles. The molecule has 2 rings (SSSR count). The molecule has 0 saturated heterocycles. The molecule has 1 fully saturated rings.